The summed E-state index contributed by atoms with van der Waals surface area (Å²) in [5.41, 5.74) is -0.911. The normalized spacial score (nSPS) is 23.5. The molecule has 0 radical (unpaired) electrons. The van der Waals surface area contributed by atoms with Gasteiger partial charge in [-0.25, -0.2) is 4.98 Å². The summed E-state index contributed by atoms with van der Waals surface area (Å²) in [5.74, 6) is 0.411. The van der Waals surface area contributed by atoms with Gasteiger partial charge in [0.05, 0.1) is 12.7 Å². The number of alkyl halides is 3. The first kappa shape index (κ1) is 17.5. The van der Waals surface area contributed by atoms with Crippen LogP contribution in [-0.4, -0.2) is 48.8 Å². The van der Waals surface area contributed by atoms with E-state index in [0.717, 1.165) is 58.0 Å². The van der Waals surface area contributed by atoms with Crippen molar-refractivity contribution in [3.8, 4) is 5.88 Å². The Hall–Kier alpha value is -1.34. The SMILES string of the molecule is FC(F)(F)c1cccc(OCC2CCN(CC3CCCO3)CC2)n1. The number of ether oxygens (including phenoxy) is 2. The van der Waals surface area contributed by atoms with Crippen LogP contribution in [0.15, 0.2) is 18.2 Å². The van der Waals surface area contributed by atoms with Gasteiger partial charge in [0.2, 0.25) is 5.88 Å². The Balaban J connectivity index is 1.42. The topological polar surface area (TPSA) is 34.6 Å². The molecule has 1 atom stereocenters. The minimum Gasteiger partial charge on any atom is -0.477 e. The molecular weight excluding hydrogens is 321 g/mol. The van der Waals surface area contributed by atoms with E-state index < -0.39 is 11.9 Å². The average molecular weight is 344 g/mol. The van der Waals surface area contributed by atoms with Gasteiger partial charge in [0.1, 0.15) is 5.69 Å². The van der Waals surface area contributed by atoms with Crippen molar-refractivity contribution in [2.45, 2.75) is 38.0 Å². The van der Waals surface area contributed by atoms with Crippen LogP contribution in [0.3, 0.4) is 0 Å². The summed E-state index contributed by atoms with van der Waals surface area (Å²) >= 11 is 0. The molecule has 1 aromatic rings. The van der Waals surface area contributed by atoms with Gasteiger partial charge in [0, 0.05) is 19.2 Å². The fourth-order valence-corrected chi connectivity index (χ4v) is 3.27. The number of pyridine rings is 1. The average Bonchev–Trinajstić information content (AvgIpc) is 3.07. The monoisotopic (exact) mass is 344 g/mol. The molecule has 0 N–H and O–H groups in total. The fourth-order valence-electron chi connectivity index (χ4n) is 3.27. The van der Waals surface area contributed by atoms with E-state index in [4.69, 9.17) is 9.47 Å². The quantitative estimate of drug-likeness (QED) is 0.820. The first-order valence-electron chi connectivity index (χ1n) is 8.52. The number of likely N-dealkylation sites (tertiary alicyclic amines) is 1. The third-order valence-corrected chi connectivity index (χ3v) is 4.67. The molecule has 24 heavy (non-hydrogen) atoms. The zero-order chi connectivity index (χ0) is 17.0. The van der Waals surface area contributed by atoms with Crippen LogP contribution in [0.2, 0.25) is 0 Å². The highest BCUT2D eigenvalue weighted by molar-refractivity contribution is 5.17. The Kier molecular flexibility index (Phi) is 5.61. The molecular formula is C17H23F3N2O2. The fraction of sp³-hybridized carbons (Fsp3) is 0.706. The zero-order valence-electron chi connectivity index (χ0n) is 13.6. The van der Waals surface area contributed by atoms with Crippen molar-refractivity contribution in [2.75, 3.05) is 32.8 Å². The van der Waals surface area contributed by atoms with Gasteiger partial charge in [0.25, 0.3) is 0 Å². The maximum Gasteiger partial charge on any atom is 0.433 e. The highest BCUT2D eigenvalue weighted by Crippen LogP contribution is 2.29. The Morgan fingerprint density at radius 2 is 2.00 bits per heavy atom. The van der Waals surface area contributed by atoms with E-state index in [2.05, 4.69) is 9.88 Å². The van der Waals surface area contributed by atoms with Gasteiger partial charge in [-0.3, -0.25) is 0 Å². The molecule has 1 unspecified atom stereocenters. The second kappa shape index (κ2) is 7.70. The highest BCUT2D eigenvalue weighted by atomic mass is 19.4. The molecule has 2 fully saturated rings. The molecule has 0 aromatic carbocycles. The number of aromatic nitrogens is 1. The lowest BCUT2D eigenvalue weighted by Crippen LogP contribution is -2.39. The van der Waals surface area contributed by atoms with Crippen LogP contribution in [0.5, 0.6) is 5.88 Å². The minimum atomic E-state index is -4.44. The van der Waals surface area contributed by atoms with Gasteiger partial charge in [-0.1, -0.05) is 6.07 Å². The molecule has 134 valence electrons. The standard InChI is InChI=1S/C17H23F3N2O2/c18-17(19,20)15-4-1-5-16(21-15)24-12-13-6-8-22(9-7-13)11-14-3-2-10-23-14/h1,4-5,13-14H,2-3,6-12H2. The number of hydrogen-bond donors (Lipinski definition) is 0. The van der Waals surface area contributed by atoms with Crippen molar-refractivity contribution in [3.05, 3.63) is 23.9 Å². The van der Waals surface area contributed by atoms with E-state index in [1.165, 1.54) is 12.1 Å². The second-order valence-electron chi connectivity index (χ2n) is 6.55. The zero-order valence-corrected chi connectivity index (χ0v) is 13.6. The van der Waals surface area contributed by atoms with Crippen LogP contribution in [0.4, 0.5) is 13.2 Å². The van der Waals surface area contributed by atoms with E-state index >= 15 is 0 Å². The van der Waals surface area contributed by atoms with Crippen molar-refractivity contribution in [2.24, 2.45) is 5.92 Å². The lowest BCUT2D eigenvalue weighted by molar-refractivity contribution is -0.141. The second-order valence-corrected chi connectivity index (χ2v) is 6.55. The minimum absolute atomic E-state index is 0.0478. The summed E-state index contributed by atoms with van der Waals surface area (Å²) in [6.45, 7) is 4.26. The predicted molar refractivity (Wildman–Crippen MR) is 82.9 cm³/mol. The molecule has 4 nitrogen and oxygen atoms in total. The molecule has 0 bridgehead atoms. The third-order valence-electron chi connectivity index (χ3n) is 4.67. The molecule has 0 saturated carbocycles. The summed E-state index contributed by atoms with van der Waals surface area (Å²) < 4.78 is 49.1. The number of nitrogens with zero attached hydrogens (tertiary/aromatic N) is 2. The lowest BCUT2D eigenvalue weighted by atomic mass is 9.97. The van der Waals surface area contributed by atoms with Gasteiger partial charge < -0.3 is 14.4 Å². The maximum absolute atomic E-state index is 12.6. The molecule has 3 heterocycles. The molecule has 1 aromatic heterocycles. The van der Waals surface area contributed by atoms with Crippen LogP contribution in [-0.2, 0) is 10.9 Å². The van der Waals surface area contributed by atoms with Gasteiger partial charge in [-0.15, -0.1) is 0 Å². The van der Waals surface area contributed by atoms with Gasteiger partial charge in [0.15, 0.2) is 0 Å². The Morgan fingerprint density at radius 3 is 2.67 bits per heavy atom. The van der Waals surface area contributed by atoms with Crippen molar-refractivity contribution in [1.29, 1.82) is 0 Å². The molecule has 2 aliphatic heterocycles. The Labute approximate surface area is 140 Å². The maximum atomic E-state index is 12.6. The first-order valence-corrected chi connectivity index (χ1v) is 8.52. The highest BCUT2D eigenvalue weighted by Gasteiger charge is 2.32. The molecule has 2 aliphatic rings. The summed E-state index contributed by atoms with van der Waals surface area (Å²) in [6, 6.07) is 3.76. The van der Waals surface area contributed by atoms with E-state index in [-0.39, 0.29) is 5.88 Å². The summed E-state index contributed by atoms with van der Waals surface area (Å²) in [4.78, 5) is 5.95. The van der Waals surface area contributed by atoms with Crippen LogP contribution in [0.25, 0.3) is 0 Å². The van der Waals surface area contributed by atoms with E-state index in [9.17, 15) is 13.2 Å². The number of rotatable bonds is 5. The predicted octanol–water partition coefficient (Wildman–Crippen LogP) is 3.37. The van der Waals surface area contributed by atoms with Crippen LogP contribution in [0.1, 0.15) is 31.4 Å². The number of halogens is 3. The first-order chi connectivity index (χ1) is 11.5. The van der Waals surface area contributed by atoms with Gasteiger partial charge in [-0.2, -0.15) is 13.2 Å². The molecule has 0 amide bonds. The van der Waals surface area contributed by atoms with E-state index in [1.807, 2.05) is 0 Å². The van der Waals surface area contributed by atoms with Crippen LogP contribution >= 0.6 is 0 Å². The number of piperidine rings is 1. The smallest absolute Gasteiger partial charge is 0.433 e. The Morgan fingerprint density at radius 1 is 1.21 bits per heavy atom. The van der Waals surface area contributed by atoms with E-state index in [0.29, 0.717) is 18.6 Å². The molecule has 0 spiro atoms. The molecule has 0 aliphatic carbocycles. The van der Waals surface area contributed by atoms with Crippen molar-refractivity contribution in [3.63, 3.8) is 0 Å². The van der Waals surface area contributed by atoms with Crippen molar-refractivity contribution in [1.82, 2.24) is 9.88 Å². The molecule has 3 rings (SSSR count). The lowest BCUT2D eigenvalue weighted by Gasteiger charge is -2.33. The largest absolute Gasteiger partial charge is 0.477 e. The third kappa shape index (κ3) is 4.83. The van der Waals surface area contributed by atoms with Crippen molar-refractivity contribution < 1.29 is 22.6 Å². The van der Waals surface area contributed by atoms with Crippen LogP contribution in [0, 0.1) is 5.92 Å². The van der Waals surface area contributed by atoms with Crippen LogP contribution < -0.4 is 4.74 Å². The molecule has 7 heteroatoms. The van der Waals surface area contributed by atoms with Gasteiger partial charge >= 0.3 is 6.18 Å². The Bertz CT molecular complexity index is 525. The molecule has 2 saturated heterocycles. The van der Waals surface area contributed by atoms with Gasteiger partial charge in [-0.05, 0) is 50.8 Å². The summed E-state index contributed by atoms with van der Waals surface area (Å²) in [7, 11) is 0. The summed E-state index contributed by atoms with van der Waals surface area (Å²) in [6.07, 6.45) is 0.209. The van der Waals surface area contributed by atoms with E-state index in [1.54, 1.807) is 0 Å². The number of hydrogen-bond acceptors (Lipinski definition) is 4. The van der Waals surface area contributed by atoms with Crippen molar-refractivity contribution >= 4 is 0 Å². The summed E-state index contributed by atoms with van der Waals surface area (Å²) in [5, 5.41) is 0.